The Morgan fingerprint density at radius 2 is 2.19 bits per heavy atom. The first-order valence-electron chi connectivity index (χ1n) is 5.65. The maximum absolute atomic E-state index is 5.71. The summed E-state index contributed by atoms with van der Waals surface area (Å²) in [7, 11) is 0. The largest absolute Gasteiger partial charge is 0.372 e. The zero-order chi connectivity index (χ0) is 12.0. The summed E-state index contributed by atoms with van der Waals surface area (Å²) in [5.41, 5.74) is 4.34. The monoisotopic (exact) mass is 223 g/mol. The number of rotatable bonds is 6. The number of anilines is 1. The van der Waals surface area contributed by atoms with Crippen LogP contribution in [0, 0.1) is 5.92 Å². The van der Waals surface area contributed by atoms with Crippen molar-refractivity contribution in [2.24, 2.45) is 11.8 Å². The predicted molar refractivity (Wildman–Crippen MR) is 65.8 cm³/mol. The summed E-state index contributed by atoms with van der Waals surface area (Å²) in [6, 6.07) is 3.71. The van der Waals surface area contributed by atoms with E-state index in [4.69, 9.17) is 10.6 Å². The third-order valence-corrected chi connectivity index (χ3v) is 2.30. The molecule has 4 heteroatoms. The van der Waals surface area contributed by atoms with Crippen LogP contribution in [-0.4, -0.2) is 11.1 Å². The number of aromatic nitrogens is 1. The van der Waals surface area contributed by atoms with Gasteiger partial charge in [-0.2, -0.15) is 0 Å². The Balaban J connectivity index is 2.41. The number of hydrogen-bond acceptors (Lipinski definition) is 4. The van der Waals surface area contributed by atoms with Gasteiger partial charge in [0.15, 0.2) is 0 Å². The molecule has 0 saturated heterocycles. The Hall–Kier alpha value is -1.13. The lowest BCUT2D eigenvalue weighted by atomic mass is 10.1. The molecule has 16 heavy (non-hydrogen) atoms. The first-order valence-corrected chi connectivity index (χ1v) is 5.65. The number of nitrogens with two attached hydrogens (primary N) is 1. The zero-order valence-corrected chi connectivity index (χ0v) is 10.2. The molecule has 3 N–H and O–H groups in total. The highest BCUT2D eigenvalue weighted by molar-refractivity contribution is 5.41. The molecule has 0 aromatic carbocycles. The van der Waals surface area contributed by atoms with Crippen LogP contribution < -0.4 is 11.3 Å². The second kappa shape index (κ2) is 6.45. The highest BCUT2D eigenvalue weighted by atomic mass is 16.5. The van der Waals surface area contributed by atoms with E-state index in [1.807, 2.05) is 12.1 Å². The van der Waals surface area contributed by atoms with E-state index in [1.54, 1.807) is 6.20 Å². The summed E-state index contributed by atoms with van der Waals surface area (Å²) in [5, 5.41) is 0. The van der Waals surface area contributed by atoms with Gasteiger partial charge >= 0.3 is 0 Å². The van der Waals surface area contributed by atoms with Gasteiger partial charge in [0.2, 0.25) is 0 Å². The topological polar surface area (TPSA) is 60.2 Å². The molecule has 0 aliphatic rings. The molecule has 0 radical (unpaired) electrons. The van der Waals surface area contributed by atoms with Gasteiger partial charge in [0, 0.05) is 6.20 Å². The van der Waals surface area contributed by atoms with Crippen molar-refractivity contribution >= 4 is 5.69 Å². The van der Waals surface area contributed by atoms with Gasteiger partial charge in [-0.3, -0.25) is 10.8 Å². The van der Waals surface area contributed by atoms with Crippen molar-refractivity contribution in [1.29, 1.82) is 0 Å². The lowest BCUT2D eigenvalue weighted by Crippen LogP contribution is -2.12. The van der Waals surface area contributed by atoms with Crippen LogP contribution in [0.3, 0.4) is 0 Å². The Labute approximate surface area is 97.2 Å². The summed E-state index contributed by atoms with van der Waals surface area (Å²) >= 11 is 0. The SMILES string of the molecule is CC(C)CC(C)OCc1cc(NN)ccn1. The first-order chi connectivity index (χ1) is 7.61. The van der Waals surface area contributed by atoms with Crippen LogP contribution in [0.1, 0.15) is 32.9 Å². The Kier molecular flexibility index (Phi) is 5.22. The van der Waals surface area contributed by atoms with E-state index in [-0.39, 0.29) is 6.10 Å². The summed E-state index contributed by atoms with van der Waals surface area (Å²) in [5.74, 6) is 5.97. The van der Waals surface area contributed by atoms with Crippen molar-refractivity contribution in [3.05, 3.63) is 24.0 Å². The van der Waals surface area contributed by atoms with Crippen molar-refractivity contribution in [2.45, 2.75) is 39.9 Å². The van der Waals surface area contributed by atoms with E-state index in [9.17, 15) is 0 Å². The third kappa shape index (κ3) is 4.59. The van der Waals surface area contributed by atoms with E-state index in [0.717, 1.165) is 17.8 Å². The van der Waals surface area contributed by atoms with Crippen molar-refractivity contribution in [1.82, 2.24) is 4.98 Å². The van der Waals surface area contributed by atoms with Crippen LogP contribution in [0.2, 0.25) is 0 Å². The smallest absolute Gasteiger partial charge is 0.0892 e. The van der Waals surface area contributed by atoms with Crippen LogP contribution in [0.4, 0.5) is 5.69 Å². The average molecular weight is 223 g/mol. The van der Waals surface area contributed by atoms with E-state index in [2.05, 4.69) is 31.2 Å². The summed E-state index contributed by atoms with van der Waals surface area (Å²) in [4.78, 5) is 4.22. The number of nitrogens with zero attached hydrogens (tertiary/aromatic N) is 1. The minimum atomic E-state index is 0.260. The van der Waals surface area contributed by atoms with Crippen molar-refractivity contribution in [2.75, 3.05) is 5.43 Å². The number of nitrogens with one attached hydrogen (secondary N) is 1. The molecule has 1 unspecified atom stereocenters. The molecule has 0 aliphatic heterocycles. The van der Waals surface area contributed by atoms with Crippen molar-refractivity contribution < 1.29 is 4.74 Å². The van der Waals surface area contributed by atoms with Crippen LogP contribution in [0.25, 0.3) is 0 Å². The van der Waals surface area contributed by atoms with Gasteiger partial charge < -0.3 is 10.2 Å². The van der Waals surface area contributed by atoms with Gasteiger partial charge in [0.25, 0.3) is 0 Å². The van der Waals surface area contributed by atoms with Gasteiger partial charge in [0.05, 0.1) is 24.1 Å². The fourth-order valence-corrected chi connectivity index (χ4v) is 1.61. The Bertz CT molecular complexity index is 315. The molecular formula is C12H21N3O. The number of nitrogen functional groups attached to an aromatic ring is 1. The Morgan fingerprint density at radius 1 is 1.44 bits per heavy atom. The van der Waals surface area contributed by atoms with Crippen LogP contribution in [-0.2, 0) is 11.3 Å². The first kappa shape index (κ1) is 12.9. The quantitative estimate of drug-likeness (QED) is 0.574. The number of ether oxygens (including phenoxy) is 1. The summed E-state index contributed by atoms with van der Waals surface area (Å²) in [6.07, 6.45) is 3.05. The van der Waals surface area contributed by atoms with E-state index in [1.165, 1.54) is 0 Å². The van der Waals surface area contributed by atoms with Gasteiger partial charge in [0.1, 0.15) is 0 Å². The maximum atomic E-state index is 5.71. The normalized spacial score (nSPS) is 12.8. The molecule has 1 aromatic rings. The number of pyridine rings is 1. The fourth-order valence-electron chi connectivity index (χ4n) is 1.61. The molecule has 4 nitrogen and oxygen atoms in total. The molecule has 0 spiro atoms. The minimum absolute atomic E-state index is 0.260. The van der Waals surface area contributed by atoms with Gasteiger partial charge in [-0.1, -0.05) is 13.8 Å². The molecule has 0 fully saturated rings. The minimum Gasteiger partial charge on any atom is -0.372 e. The number of hydrogen-bond donors (Lipinski definition) is 2. The highest BCUT2D eigenvalue weighted by Crippen LogP contribution is 2.11. The van der Waals surface area contributed by atoms with Crippen LogP contribution >= 0.6 is 0 Å². The molecule has 0 bridgehead atoms. The van der Waals surface area contributed by atoms with Gasteiger partial charge in [-0.05, 0) is 31.4 Å². The molecule has 90 valence electrons. The second-order valence-electron chi connectivity index (χ2n) is 4.43. The van der Waals surface area contributed by atoms with Crippen LogP contribution in [0.15, 0.2) is 18.3 Å². The Morgan fingerprint density at radius 3 is 2.81 bits per heavy atom. The lowest BCUT2D eigenvalue weighted by Gasteiger charge is -2.15. The lowest BCUT2D eigenvalue weighted by molar-refractivity contribution is 0.0379. The molecule has 1 atom stereocenters. The molecule has 0 aliphatic carbocycles. The summed E-state index contributed by atoms with van der Waals surface area (Å²) in [6.45, 7) is 7.00. The second-order valence-corrected chi connectivity index (χ2v) is 4.43. The third-order valence-electron chi connectivity index (χ3n) is 2.30. The maximum Gasteiger partial charge on any atom is 0.0892 e. The molecule has 1 heterocycles. The molecule has 1 rings (SSSR count). The van der Waals surface area contributed by atoms with E-state index >= 15 is 0 Å². The zero-order valence-electron chi connectivity index (χ0n) is 10.2. The average Bonchev–Trinajstić information content (AvgIpc) is 2.26. The predicted octanol–water partition coefficient (Wildman–Crippen LogP) is 2.32. The molecule has 0 saturated carbocycles. The van der Waals surface area contributed by atoms with Gasteiger partial charge in [-0.15, -0.1) is 0 Å². The molecule has 1 aromatic heterocycles. The fraction of sp³-hybridized carbons (Fsp3) is 0.583. The highest BCUT2D eigenvalue weighted by Gasteiger charge is 2.06. The van der Waals surface area contributed by atoms with Crippen molar-refractivity contribution in [3.63, 3.8) is 0 Å². The molecule has 0 amide bonds. The summed E-state index contributed by atoms with van der Waals surface area (Å²) < 4.78 is 5.71. The number of hydrazine groups is 1. The van der Waals surface area contributed by atoms with Crippen LogP contribution in [0.5, 0.6) is 0 Å². The standard InChI is InChI=1S/C12H21N3O/c1-9(2)6-10(3)16-8-12-7-11(15-13)4-5-14-12/h4-5,7,9-10H,6,8,13H2,1-3H3,(H,14,15). The molecular weight excluding hydrogens is 202 g/mol. The van der Waals surface area contributed by atoms with Gasteiger partial charge in [-0.25, -0.2) is 0 Å². The van der Waals surface area contributed by atoms with E-state index < -0.39 is 0 Å². The van der Waals surface area contributed by atoms with E-state index in [0.29, 0.717) is 12.5 Å². The van der Waals surface area contributed by atoms with Crippen molar-refractivity contribution in [3.8, 4) is 0 Å².